The summed E-state index contributed by atoms with van der Waals surface area (Å²) in [5.41, 5.74) is -1.39. The Hall–Kier alpha value is -3.39. The van der Waals surface area contributed by atoms with Crippen molar-refractivity contribution in [2.45, 2.75) is 50.8 Å². The van der Waals surface area contributed by atoms with Gasteiger partial charge in [0, 0.05) is 12.1 Å². The van der Waals surface area contributed by atoms with E-state index in [0.29, 0.717) is 35.7 Å². The maximum Gasteiger partial charge on any atom is 0.418 e. The maximum atomic E-state index is 13.9. The van der Waals surface area contributed by atoms with E-state index in [0.717, 1.165) is 30.7 Å². The molecule has 1 aromatic carbocycles. The van der Waals surface area contributed by atoms with E-state index < -0.39 is 29.5 Å². The molecule has 39 heavy (non-hydrogen) atoms. The Kier molecular flexibility index (Phi) is 7.67. The molecule has 0 spiro atoms. The lowest BCUT2D eigenvalue weighted by molar-refractivity contribution is -0.143. The zero-order valence-corrected chi connectivity index (χ0v) is 21.9. The summed E-state index contributed by atoms with van der Waals surface area (Å²) >= 11 is 2.08. The van der Waals surface area contributed by atoms with Crippen molar-refractivity contribution < 1.29 is 37.4 Å². The van der Waals surface area contributed by atoms with Crippen molar-refractivity contribution in [1.82, 2.24) is 10.3 Å². The Morgan fingerprint density at radius 1 is 1.15 bits per heavy atom. The molecule has 3 aliphatic rings. The quantitative estimate of drug-likeness (QED) is 0.373. The molecular formula is C25H23F3N4O5S2. The lowest BCUT2D eigenvalue weighted by Gasteiger charge is -2.27. The highest BCUT2D eigenvalue weighted by atomic mass is 32.2. The minimum Gasteiger partial charge on any atom is -0.490 e. The number of thioether (sulfide) groups is 1. The van der Waals surface area contributed by atoms with Gasteiger partial charge in [0.2, 0.25) is 5.91 Å². The molecular weight excluding hydrogens is 557 g/mol. The minimum atomic E-state index is -4.73. The number of ether oxygens (including phenoxy) is 1. The third-order valence-electron chi connectivity index (χ3n) is 6.45. The van der Waals surface area contributed by atoms with E-state index in [-0.39, 0.29) is 39.4 Å². The van der Waals surface area contributed by atoms with Crippen molar-refractivity contribution in [1.29, 1.82) is 0 Å². The second-order valence-electron chi connectivity index (χ2n) is 9.42. The van der Waals surface area contributed by atoms with Gasteiger partial charge in [-0.25, -0.2) is 9.98 Å². The number of rotatable bonds is 7. The van der Waals surface area contributed by atoms with Crippen LogP contribution in [0.1, 0.15) is 49.0 Å². The number of carbonyl (C=O) groups is 3. The van der Waals surface area contributed by atoms with E-state index in [9.17, 15) is 27.6 Å². The fraction of sp³-hybridized carbons (Fsp3) is 0.400. The summed E-state index contributed by atoms with van der Waals surface area (Å²) < 4.78 is 47.4. The first-order chi connectivity index (χ1) is 18.5. The number of halogens is 3. The first-order valence-corrected chi connectivity index (χ1v) is 13.9. The first kappa shape index (κ1) is 27.2. The molecule has 1 saturated heterocycles. The average Bonchev–Trinajstić information content (AvgIpc) is 3.56. The Morgan fingerprint density at radius 3 is 2.54 bits per heavy atom. The number of amidine groups is 1. The molecule has 14 heteroatoms. The van der Waals surface area contributed by atoms with E-state index in [1.807, 2.05) is 0 Å². The van der Waals surface area contributed by atoms with Crippen LogP contribution in [0.5, 0.6) is 5.75 Å². The van der Waals surface area contributed by atoms with Crippen LogP contribution in [0.4, 0.5) is 24.0 Å². The highest BCUT2D eigenvalue weighted by molar-refractivity contribution is 8.18. The number of carbonyl (C=O) groups excluding carboxylic acids is 2. The highest BCUT2D eigenvalue weighted by Gasteiger charge is 2.36. The largest absolute Gasteiger partial charge is 0.490 e. The van der Waals surface area contributed by atoms with Crippen molar-refractivity contribution >= 4 is 62.9 Å². The van der Waals surface area contributed by atoms with Crippen LogP contribution >= 0.6 is 23.1 Å². The average molecular weight is 581 g/mol. The molecule has 9 nitrogen and oxygen atoms in total. The Labute approximate surface area is 228 Å². The van der Waals surface area contributed by atoms with Crippen LogP contribution in [0.3, 0.4) is 0 Å². The van der Waals surface area contributed by atoms with E-state index in [1.165, 1.54) is 35.7 Å². The van der Waals surface area contributed by atoms with Crippen LogP contribution in [0.15, 0.2) is 34.3 Å². The number of hydrogen-bond acceptors (Lipinski definition) is 8. The van der Waals surface area contributed by atoms with Crippen molar-refractivity contribution in [3.05, 3.63) is 39.7 Å². The number of carboxylic acids is 1. The summed E-state index contributed by atoms with van der Waals surface area (Å²) in [6.45, 7) is 0. The molecule has 1 aliphatic heterocycles. The maximum absolute atomic E-state index is 13.9. The fourth-order valence-electron chi connectivity index (χ4n) is 4.22. The van der Waals surface area contributed by atoms with Gasteiger partial charge in [0.05, 0.1) is 33.1 Å². The van der Waals surface area contributed by atoms with Crippen LogP contribution in [-0.2, 0) is 20.6 Å². The number of aliphatic carboxylic acids is 1. The predicted molar refractivity (Wildman–Crippen MR) is 140 cm³/mol. The molecule has 3 fully saturated rings. The van der Waals surface area contributed by atoms with Gasteiger partial charge in [-0.3, -0.25) is 14.4 Å². The predicted octanol–water partition coefficient (Wildman–Crippen LogP) is 5.42. The van der Waals surface area contributed by atoms with Crippen LogP contribution in [0.25, 0.3) is 6.08 Å². The molecule has 0 atom stereocenters. The number of thiazole rings is 1. The SMILES string of the molecule is O=C1N/C(=N/c2ccc(OC3CCC(C(=O)O)CC3)cc2C(F)(F)F)S/C1=C\c1cnc(NC(=O)C2CC2)s1. The van der Waals surface area contributed by atoms with E-state index >= 15 is 0 Å². The molecule has 3 N–H and O–H groups in total. The van der Waals surface area contributed by atoms with Crippen LogP contribution in [0, 0.1) is 11.8 Å². The van der Waals surface area contributed by atoms with Gasteiger partial charge in [0.1, 0.15) is 5.75 Å². The Balaban J connectivity index is 1.28. The van der Waals surface area contributed by atoms with Gasteiger partial charge in [0.25, 0.3) is 5.91 Å². The second-order valence-corrected chi connectivity index (χ2v) is 11.5. The summed E-state index contributed by atoms with van der Waals surface area (Å²) in [7, 11) is 0. The highest BCUT2D eigenvalue weighted by Crippen LogP contribution is 2.41. The number of aromatic nitrogens is 1. The fourth-order valence-corrected chi connectivity index (χ4v) is 5.88. The van der Waals surface area contributed by atoms with Crippen LogP contribution in [0.2, 0.25) is 0 Å². The zero-order valence-electron chi connectivity index (χ0n) is 20.3. The van der Waals surface area contributed by atoms with Crippen LogP contribution < -0.4 is 15.4 Å². The van der Waals surface area contributed by atoms with Gasteiger partial charge in [-0.1, -0.05) is 11.3 Å². The summed E-state index contributed by atoms with van der Waals surface area (Å²) in [5, 5.41) is 14.7. The number of nitrogens with zero attached hydrogens (tertiary/aromatic N) is 2. The van der Waals surface area contributed by atoms with Crippen molar-refractivity contribution in [3.8, 4) is 5.75 Å². The summed E-state index contributed by atoms with van der Waals surface area (Å²) in [4.78, 5) is 44.5. The lowest BCUT2D eigenvalue weighted by atomic mass is 9.87. The van der Waals surface area contributed by atoms with E-state index in [2.05, 4.69) is 20.6 Å². The first-order valence-electron chi connectivity index (χ1n) is 12.2. The molecule has 2 amide bonds. The second kappa shape index (κ2) is 11.0. The molecule has 1 aromatic heterocycles. The molecule has 2 saturated carbocycles. The molecule has 206 valence electrons. The number of anilines is 1. The molecule has 5 rings (SSSR count). The molecule has 2 aromatic rings. The normalized spacial score (nSPS) is 23.6. The molecule has 2 heterocycles. The van der Waals surface area contributed by atoms with Crippen LogP contribution in [-0.4, -0.2) is 39.1 Å². The standard InChI is InChI=1S/C25H23F3N4O5S2/c26-25(27,28)17-9-15(37-14-5-3-13(4-6-14)22(35)36)7-8-18(17)30-24-32-21(34)19(39-24)10-16-11-29-23(38-16)31-20(33)12-1-2-12/h7-14H,1-6H2,(H,35,36)(H,29,31,33)(H,30,32,34)/b19-10-. The monoisotopic (exact) mass is 580 g/mol. The topological polar surface area (TPSA) is 130 Å². The number of carboxylic acid groups (broad SMARTS) is 1. The molecule has 0 unspecified atom stereocenters. The van der Waals surface area contributed by atoms with Gasteiger partial charge < -0.3 is 20.5 Å². The number of aliphatic imine (C=N–C) groups is 1. The molecule has 2 aliphatic carbocycles. The molecule has 0 radical (unpaired) electrons. The zero-order chi connectivity index (χ0) is 27.7. The van der Waals surface area contributed by atoms with Gasteiger partial charge in [-0.15, -0.1) is 0 Å². The van der Waals surface area contributed by atoms with Gasteiger partial charge in [0.15, 0.2) is 10.3 Å². The van der Waals surface area contributed by atoms with Gasteiger partial charge in [-0.2, -0.15) is 13.2 Å². The van der Waals surface area contributed by atoms with Gasteiger partial charge in [-0.05, 0) is 74.6 Å². The third kappa shape index (κ3) is 6.79. The summed E-state index contributed by atoms with van der Waals surface area (Å²) in [5.74, 6) is -1.90. The van der Waals surface area contributed by atoms with E-state index in [4.69, 9.17) is 9.84 Å². The minimum absolute atomic E-state index is 0.0100. The molecule has 0 bridgehead atoms. The lowest BCUT2D eigenvalue weighted by Crippen LogP contribution is -2.27. The number of amides is 2. The number of hydrogen-bond donors (Lipinski definition) is 3. The summed E-state index contributed by atoms with van der Waals surface area (Å²) in [6, 6.07) is 3.43. The van der Waals surface area contributed by atoms with Crippen molar-refractivity contribution in [3.63, 3.8) is 0 Å². The summed E-state index contributed by atoms with van der Waals surface area (Å²) in [6.07, 6.45) is 1.34. The Bertz CT molecular complexity index is 1360. The van der Waals surface area contributed by atoms with Gasteiger partial charge >= 0.3 is 12.1 Å². The number of nitrogens with one attached hydrogen (secondary N) is 2. The Morgan fingerprint density at radius 2 is 1.87 bits per heavy atom. The third-order valence-corrected chi connectivity index (χ3v) is 8.22. The number of benzene rings is 1. The van der Waals surface area contributed by atoms with Crippen molar-refractivity contribution in [2.24, 2.45) is 16.8 Å². The smallest absolute Gasteiger partial charge is 0.418 e. The number of alkyl halides is 3. The van der Waals surface area contributed by atoms with Crippen molar-refractivity contribution in [2.75, 3.05) is 5.32 Å². The van der Waals surface area contributed by atoms with E-state index in [1.54, 1.807) is 0 Å².